The summed E-state index contributed by atoms with van der Waals surface area (Å²) in [4.78, 5) is 27.8. The number of aliphatic hydroxyl groups is 1. The summed E-state index contributed by atoms with van der Waals surface area (Å²) >= 11 is 0. The van der Waals surface area contributed by atoms with Crippen LogP contribution >= 0.6 is 0 Å². The van der Waals surface area contributed by atoms with Gasteiger partial charge in [-0.15, -0.1) is 0 Å². The number of carbonyl (C=O) groups is 1. The molecule has 5 heteroatoms. The number of hydrogen-bond acceptors (Lipinski definition) is 3. The predicted molar refractivity (Wildman–Crippen MR) is 86.4 cm³/mol. The third-order valence-electron chi connectivity index (χ3n) is 6.18. The van der Waals surface area contributed by atoms with Gasteiger partial charge in [0, 0.05) is 24.3 Å². The predicted octanol–water partition coefficient (Wildman–Crippen LogP) is 1.39. The zero-order valence-electron chi connectivity index (χ0n) is 13.3. The third-order valence-corrected chi connectivity index (χ3v) is 6.18. The Morgan fingerprint density at radius 1 is 1.26 bits per heavy atom. The number of hydrogen-bond donors (Lipinski definition) is 3. The number of fused-ring (bicyclic) bond motifs is 3. The molecule has 0 spiro atoms. The maximum atomic E-state index is 12.6. The van der Waals surface area contributed by atoms with Crippen molar-refractivity contribution in [3.05, 3.63) is 33.2 Å². The van der Waals surface area contributed by atoms with E-state index in [9.17, 15) is 14.7 Å². The van der Waals surface area contributed by atoms with Gasteiger partial charge in [-0.25, -0.2) is 0 Å². The van der Waals surface area contributed by atoms with E-state index in [-0.39, 0.29) is 35.6 Å². The number of nitrogens with one attached hydrogen (secondary N) is 2. The van der Waals surface area contributed by atoms with Crippen LogP contribution in [0, 0.1) is 17.8 Å². The van der Waals surface area contributed by atoms with Crippen LogP contribution in [-0.4, -0.2) is 28.6 Å². The van der Waals surface area contributed by atoms with Gasteiger partial charge in [-0.05, 0) is 68.4 Å². The summed E-state index contributed by atoms with van der Waals surface area (Å²) in [5.74, 6) is 0.847. The minimum Gasteiger partial charge on any atom is -0.396 e. The lowest BCUT2D eigenvalue weighted by Crippen LogP contribution is -2.46. The summed E-state index contributed by atoms with van der Waals surface area (Å²) in [6, 6.07) is 1.80. The molecule has 0 saturated heterocycles. The number of aromatic amines is 1. The molecule has 2 saturated carbocycles. The zero-order chi connectivity index (χ0) is 16.0. The van der Waals surface area contributed by atoms with Gasteiger partial charge in [0.05, 0.1) is 0 Å². The quantitative estimate of drug-likeness (QED) is 0.788. The first-order valence-electron chi connectivity index (χ1n) is 8.84. The highest BCUT2D eigenvalue weighted by Gasteiger charge is 2.47. The van der Waals surface area contributed by atoms with Crippen molar-refractivity contribution in [2.24, 2.45) is 17.8 Å². The first-order valence-corrected chi connectivity index (χ1v) is 8.84. The lowest BCUT2D eigenvalue weighted by molar-refractivity contribution is 0.0860. The van der Waals surface area contributed by atoms with Gasteiger partial charge in [0.25, 0.3) is 11.5 Å². The maximum Gasteiger partial charge on any atom is 0.261 e. The number of H-pyrrole nitrogens is 1. The molecule has 4 rings (SSSR count). The molecule has 23 heavy (non-hydrogen) atoms. The molecule has 124 valence electrons. The highest BCUT2D eigenvalue weighted by molar-refractivity contribution is 5.94. The van der Waals surface area contributed by atoms with E-state index < -0.39 is 0 Å². The van der Waals surface area contributed by atoms with Crippen LogP contribution in [0.1, 0.15) is 53.7 Å². The van der Waals surface area contributed by atoms with E-state index in [1.807, 2.05) is 0 Å². The number of carbonyl (C=O) groups excluding carboxylic acids is 1. The summed E-state index contributed by atoms with van der Waals surface area (Å²) < 4.78 is 0. The zero-order valence-corrected chi connectivity index (χ0v) is 13.3. The minimum absolute atomic E-state index is 0.0154. The largest absolute Gasteiger partial charge is 0.396 e. The Bertz CT molecular complexity index is 681. The van der Waals surface area contributed by atoms with E-state index in [1.54, 1.807) is 6.07 Å². The SMILES string of the molecule is O=C(NC1C2CCC(C2)C1CO)c1cc2c([nH]c1=O)CCCC2. The van der Waals surface area contributed by atoms with Crippen LogP contribution in [0.25, 0.3) is 0 Å². The molecule has 0 radical (unpaired) electrons. The van der Waals surface area contributed by atoms with Crippen LogP contribution in [0.4, 0.5) is 0 Å². The van der Waals surface area contributed by atoms with Gasteiger partial charge in [0.15, 0.2) is 0 Å². The Kier molecular flexibility index (Phi) is 3.76. The highest BCUT2D eigenvalue weighted by atomic mass is 16.3. The number of aromatic nitrogens is 1. The molecule has 3 aliphatic carbocycles. The van der Waals surface area contributed by atoms with E-state index in [0.717, 1.165) is 56.2 Å². The van der Waals surface area contributed by atoms with Crippen molar-refractivity contribution in [3.63, 3.8) is 0 Å². The average Bonchev–Trinajstić information content (AvgIpc) is 3.15. The number of rotatable bonds is 3. The average molecular weight is 316 g/mol. The van der Waals surface area contributed by atoms with Crippen molar-refractivity contribution in [3.8, 4) is 0 Å². The molecular formula is C18H24N2O3. The number of amides is 1. The summed E-state index contributed by atoms with van der Waals surface area (Å²) in [5.41, 5.74) is 2.04. The fourth-order valence-corrected chi connectivity index (χ4v) is 4.97. The summed E-state index contributed by atoms with van der Waals surface area (Å²) in [6.45, 7) is 0.118. The van der Waals surface area contributed by atoms with Crippen molar-refractivity contribution in [2.45, 2.75) is 51.0 Å². The van der Waals surface area contributed by atoms with E-state index in [2.05, 4.69) is 10.3 Å². The smallest absolute Gasteiger partial charge is 0.261 e. The molecule has 1 heterocycles. The van der Waals surface area contributed by atoms with Gasteiger partial charge in [-0.2, -0.15) is 0 Å². The second kappa shape index (κ2) is 5.78. The molecule has 2 fully saturated rings. The molecule has 0 aliphatic heterocycles. The molecule has 1 aromatic heterocycles. The first-order chi connectivity index (χ1) is 11.2. The fraction of sp³-hybridized carbons (Fsp3) is 0.667. The van der Waals surface area contributed by atoms with Crippen molar-refractivity contribution >= 4 is 5.91 Å². The van der Waals surface area contributed by atoms with E-state index in [0.29, 0.717) is 11.8 Å². The van der Waals surface area contributed by atoms with Crippen molar-refractivity contribution < 1.29 is 9.90 Å². The molecule has 2 bridgehead atoms. The molecule has 3 N–H and O–H groups in total. The molecule has 0 aromatic carbocycles. The van der Waals surface area contributed by atoms with Crippen LogP contribution in [-0.2, 0) is 12.8 Å². The normalized spacial score (nSPS) is 31.9. The van der Waals surface area contributed by atoms with Gasteiger partial charge in [-0.3, -0.25) is 9.59 Å². The molecule has 5 nitrogen and oxygen atoms in total. The number of pyridine rings is 1. The highest BCUT2D eigenvalue weighted by Crippen LogP contribution is 2.48. The van der Waals surface area contributed by atoms with Crippen LogP contribution in [0.2, 0.25) is 0 Å². The van der Waals surface area contributed by atoms with Crippen LogP contribution < -0.4 is 10.9 Å². The Hall–Kier alpha value is -1.62. The maximum absolute atomic E-state index is 12.6. The Labute approximate surface area is 135 Å². The van der Waals surface area contributed by atoms with Crippen LogP contribution in [0.3, 0.4) is 0 Å². The van der Waals surface area contributed by atoms with Gasteiger partial charge >= 0.3 is 0 Å². The van der Waals surface area contributed by atoms with Gasteiger partial charge in [-0.1, -0.05) is 0 Å². The van der Waals surface area contributed by atoms with E-state index in [4.69, 9.17) is 0 Å². The summed E-state index contributed by atoms with van der Waals surface area (Å²) in [5, 5.41) is 12.7. The van der Waals surface area contributed by atoms with E-state index >= 15 is 0 Å². The van der Waals surface area contributed by atoms with Crippen molar-refractivity contribution in [2.75, 3.05) is 6.61 Å². The van der Waals surface area contributed by atoms with Crippen LogP contribution in [0.15, 0.2) is 10.9 Å². The molecule has 3 aliphatic rings. The van der Waals surface area contributed by atoms with E-state index in [1.165, 1.54) is 0 Å². The van der Waals surface area contributed by atoms with Gasteiger partial charge in [0.1, 0.15) is 5.56 Å². The second-order valence-corrected chi connectivity index (χ2v) is 7.40. The molecule has 1 aromatic rings. The Morgan fingerprint density at radius 2 is 2.04 bits per heavy atom. The van der Waals surface area contributed by atoms with Crippen LogP contribution in [0.5, 0.6) is 0 Å². The standard InChI is InChI=1S/C18H24N2O3/c21-9-14-10-5-6-12(7-10)16(14)20-18(23)13-8-11-3-1-2-4-15(11)19-17(13)22/h8,10,12,14,16,21H,1-7,9H2,(H,19,22)(H,20,23). The molecule has 1 amide bonds. The Morgan fingerprint density at radius 3 is 2.87 bits per heavy atom. The summed E-state index contributed by atoms with van der Waals surface area (Å²) in [6.07, 6.45) is 7.40. The second-order valence-electron chi connectivity index (χ2n) is 7.40. The van der Waals surface area contributed by atoms with Crippen molar-refractivity contribution in [1.29, 1.82) is 0 Å². The molecule has 4 unspecified atom stereocenters. The number of aliphatic hydroxyl groups excluding tert-OH is 1. The number of aryl methyl sites for hydroxylation is 2. The Balaban J connectivity index is 1.56. The minimum atomic E-state index is -0.285. The van der Waals surface area contributed by atoms with Gasteiger partial charge in [0.2, 0.25) is 0 Å². The van der Waals surface area contributed by atoms with Crippen molar-refractivity contribution in [1.82, 2.24) is 10.3 Å². The monoisotopic (exact) mass is 316 g/mol. The lowest BCUT2D eigenvalue weighted by atomic mass is 9.85. The lowest BCUT2D eigenvalue weighted by Gasteiger charge is -2.30. The van der Waals surface area contributed by atoms with Gasteiger partial charge < -0.3 is 15.4 Å². The fourth-order valence-electron chi connectivity index (χ4n) is 4.97. The third kappa shape index (κ3) is 2.51. The topological polar surface area (TPSA) is 82.2 Å². The molecule has 4 atom stereocenters. The molecular weight excluding hydrogens is 292 g/mol. The summed E-state index contributed by atoms with van der Waals surface area (Å²) in [7, 11) is 0. The first kappa shape index (κ1) is 14.9.